The van der Waals surface area contributed by atoms with Gasteiger partial charge in [-0.25, -0.2) is 12.8 Å². The van der Waals surface area contributed by atoms with E-state index >= 15 is 0 Å². The summed E-state index contributed by atoms with van der Waals surface area (Å²) >= 11 is 0. The second kappa shape index (κ2) is 11.1. The molecule has 1 aliphatic heterocycles. The summed E-state index contributed by atoms with van der Waals surface area (Å²) in [5, 5.41) is 11.5. The second-order valence-electron chi connectivity index (χ2n) is 7.14. The summed E-state index contributed by atoms with van der Waals surface area (Å²) in [6.07, 6.45) is 0.469. The number of nitrogens with zero attached hydrogens (tertiary/aromatic N) is 2. The molecule has 0 saturated carbocycles. The largest absolute Gasteiger partial charge is 0.493 e. The topological polar surface area (TPSA) is 118 Å². The Kier molecular flexibility index (Phi) is 8.21. The van der Waals surface area contributed by atoms with Crippen molar-refractivity contribution in [2.45, 2.75) is 17.7 Å². The molecule has 1 amide bonds. The van der Waals surface area contributed by atoms with Crippen molar-refractivity contribution in [2.75, 3.05) is 45.3 Å². The molecule has 1 fully saturated rings. The summed E-state index contributed by atoms with van der Waals surface area (Å²) in [6, 6.07) is 10.2. The van der Waals surface area contributed by atoms with E-state index in [-0.39, 0.29) is 50.9 Å². The summed E-state index contributed by atoms with van der Waals surface area (Å²) in [5.74, 6) is -0.386. The van der Waals surface area contributed by atoms with Crippen molar-refractivity contribution in [3.8, 4) is 17.6 Å². The smallest absolute Gasteiger partial charge is 0.246 e. The molecule has 2 aromatic rings. The van der Waals surface area contributed by atoms with E-state index in [4.69, 9.17) is 19.5 Å². The standard InChI is InChI=1S/C22H24FN3O6S/c1-30-20-13-16(15-24)4-7-19(20)32-10-2-3-22(27)25-17-5-6-18(23)21(14-17)33(28,29)26-8-11-31-12-9-26/h4-7,13-14H,2-3,8-12H2,1H3,(H,25,27). The van der Waals surface area contributed by atoms with Gasteiger partial charge in [-0.3, -0.25) is 4.79 Å². The molecule has 0 aromatic heterocycles. The number of nitrogens with one attached hydrogen (secondary N) is 1. The molecule has 0 radical (unpaired) electrons. The number of amides is 1. The van der Waals surface area contributed by atoms with Crippen LogP contribution in [0.5, 0.6) is 11.5 Å². The molecule has 1 heterocycles. The molecule has 3 rings (SSSR count). The van der Waals surface area contributed by atoms with Crippen molar-refractivity contribution in [1.82, 2.24) is 4.31 Å². The molecule has 0 spiro atoms. The first-order valence-corrected chi connectivity index (χ1v) is 11.7. The van der Waals surface area contributed by atoms with Crippen LogP contribution in [0.25, 0.3) is 0 Å². The van der Waals surface area contributed by atoms with Gasteiger partial charge in [-0.05, 0) is 36.8 Å². The number of carbonyl (C=O) groups is 1. The fourth-order valence-corrected chi connectivity index (χ4v) is 4.70. The number of halogens is 1. The predicted octanol–water partition coefficient (Wildman–Crippen LogP) is 2.52. The van der Waals surface area contributed by atoms with Crippen molar-refractivity contribution in [2.24, 2.45) is 0 Å². The Morgan fingerprint density at radius 2 is 1.97 bits per heavy atom. The summed E-state index contributed by atoms with van der Waals surface area (Å²) < 4.78 is 56.9. The fraction of sp³-hybridized carbons (Fsp3) is 0.364. The first-order chi connectivity index (χ1) is 15.8. The van der Waals surface area contributed by atoms with Crippen molar-refractivity contribution in [3.05, 3.63) is 47.8 Å². The van der Waals surface area contributed by atoms with Crippen LogP contribution < -0.4 is 14.8 Å². The molecular weight excluding hydrogens is 453 g/mol. The van der Waals surface area contributed by atoms with Crippen LogP contribution in [0.2, 0.25) is 0 Å². The summed E-state index contributed by atoms with van der Waals surface area (Å²) in [7, 11) is -2.57. The number of anilines is 1. The summed E-state index contributed by atoms with van der Waals surface area (Å²) in [4.78, 5) is 11.8. The van der Waals surface area contributed by atoms with Crippen LogP contribution in [0.4, 0.5) is 10.1 Å². The molecule has 9 nitrogen and oxygen atoms in total. The van der Waals surface area contributed by atoms with Gasteiger partial charge in [0.2, 0.25) is 15.9 Å². The zero-order chi connectivity index (χ0) is 23.8. The van der Waals surface area contributed by atoms with Crippen molar-refractivity contribution in [3.63, 3.8) is 0 Å². The maximum absolute atomic E-state index is 14.3. The monoisotopic (exact) mass is 477 g/mol. The maximum Gasteiger partial charge on any atom is 0.246 e. The number of sulfonamides is 1. The molecule has 1 saturated heterocycles. The summed E-state index contributed by atoms with van der Waals surface area (Å²) in [5.41, 5.74) is 0.621. The lowest BCUT2D eigenvalue weighted by Crippen LogP contribution is -2.40. The SMILES string of the molecule is COc1cc(C#N)ccc1OCCCC(=O)Nc1ccc(F)c(S(=O)(=O)N2CCOCC2)c1. The van der Waals surface area contributed by atoms with Crippen molar-refractivity contribution in [1.29, 1.82) is 5.26 Å². The quantitative estimate of drug-likeness (QED) is 0.552. The van der Waals surface area contributed by atoms with Crippen LogP contribution in [-0.4, -0.2) is 58.7 Å². The van der Waals surface area contributed by atoms with E-state index in [0.29, 0.717) is 23.5 Å². The van der Waals surface area contributed by atoms with Crippen LogP contribution >= 0.6 is 0 Å². The molecule has 2 aromatic carbocycles. The minimum Gasteiger partial charge on any atom is -0.493 e. The molecule has 176 valence electrons. The number of rotatable bonds is 9. The Labute approximate surface area is 191 Å². The molecule has 0 aliphatic carbocycles. The van der Waals surface area contributed by atoms with Gasteiger partial charge in [0.1, 0.15) is 10.7 Å². The summed E-state index contributed by atoms with van der Waals surface area (Å²) in [6.45, 7) is 0.988. The number of hydrogen-bond donors (Lipinski definition) is 1. The number of carbonyl (C=O) groups excluding carboxylic acids is 1. The van der Waals surface area contributed by atoms with Crippen LogP contribution in [0, 0.1) is 17.1 Å². The van der Waals surface area contributed by atoms with Crippen LogP contribution in [0.1, 0.15) is 18.4 Å². The predicted molar refractivity (Wildman–Crippen MR) is 117 cm³/mol. The Balaban J connectivity index is 1.56. The highest BCUT2D eigenvalue weighted by atomic mass is 32.2. The third kappa shape index (κ3) is 6.19. The highest BCUT2D eigenvalue weighted by molar-refractivity contribution is 7.89. The Hall–Kier alpha value is -3.20. The van der Waals surface area contributed by atoms with Crippen molar-refractivity contribution < 1.29 is 31.8 Å². The molecule has 1 N–H and O–H groups in total. The van der Waals surface area contributed by atoms with Gasteiger partial charge in [0.05, 0.1) is 38.6 Å². The first-order valence-electron chi connectivity index (χ1n) is 10.2. The fourth-order valence-electron chi connectivity index (χ4n) is 3.20. The van der Waals surface area contributed by atoms with Gasteiger partial charge in [-0.1, -0.05) is 0 Å². The maximum atomic E-state index is 14.3. The van der Waals surface area contributed by atoms with Gasteiger partial charge in [0.25, 0.3) is 0 Å². The molecule has 0 unspecified atom stereocenters. The normalized spacial score (nSPS) is 14.3. The van der Waals surface area contributed by atoms with Gasteiger partial charge in [0, 0.05) is 31.3 Å². The van der Waals surface area contributed by atoms with E-state index in [1.54, 1.807) is 18.2 Å². The molecule has 33 heavy (non-hydrogen) atoms. The van der Waals surface area contributed by atoms with Crippen molar-refractivity contribution >= 4 is 21.6 Å². The van der Waals surface area contributed by atoms with E-state index in [9.17, 15) is 17.6 Å². The zero-order valence-electron chi connectivity index (χ0n) is 18.0. The van der Waals surface area contributed by atoms with Gasteiger partial charge in [0.15, 0.2) is 11.5 Å². The van der Waals surface area contributed by atoms with Gasteiger partial charge in [-0.2, -0.15) is 9.57 Å². The Morgan fingerprint density at radius 1 is 1.21 bits per heavy atom. The second-order valence-corrected chi connectivity index (χ2v) is 9.05. The number of nitriles is 1. The number of morpholine rings is 1. The molecular formula is C22H24FN3O6S. The van der Waals surface area contributed by atoms with E-state index in [2.05, 4.69) is 5.32 Å². The highest BCUT2D eigenvalue weighted by Crippen LogP contribution is 2.28. The average Bonchev–Trinajstić information content (AvgIpc) is 2.83. The zero-order valence-corrected chi connectivity index (χ0v) is 18.9. The van der Waals surface area contributed by atoms with Gasteiger partial charge >= 0.3 is 0 Å². The number of hydrogen-bond acceptors (Lipinski definition) is 7. The lowest BCUT2D eigenvalue weighted by atomic mass is 10.2. The van der Waals surface area contributed by atoms with E-state index < -0.39 is 20.7 Å². The third-order valence-electron chi connectivity index (χ3n) is 4.90. The molecule has 1 aliphatic rings. The number of benzene rings is 2. The Morgan fingerprint density at radius 3 is 2.67 bits per heavy atom. The Bertz CT molecular complexity index is 1140. The minimum atomic E-state index is -4.04. The minimum absolute atomic E-state index is 0.0987. The van der Waals surface area contributed by atoms with Crippen LogP contribution in [-0.2, 0) is 19.6 Å². The average molecular weight is 478 g/mol. The van der Waals surface area contributed by atoms with E-state index in [1.807, 2.05) is 6.07 Å². The van der Waals surface area contributed by atoms with E-state index in [0.717, 1.165) is 16.4 Å². The number of methoxy groups -OCH3 is 1. The molecule has 11 heteroatoms. The third-order valence-corrected chi connectivity index (χ3v) is 6.81. The van der Waals surface area contributed by atoms with E-state index in [1.165, 1.54) is 13.2 Å². The van der Waals surface area contributed by atoms with Crippen LogP contribution in [0.15, 0.2) is 41.3 Å². The van der Waals surface area contributed by atoms with Gasteiger partial charge < -0.3 is 19.5 Å². The lowest BCUT2D eigenvalue weighted by molar-refractivity contribution is -0.116. The highest BCUT2D eigenvalue weighted by Gasteiger charge is 2.29. The molecule has 0 bridgehead atoms. The lowest BCUT2D eigenvalue weighted by Gasteiger charge is -2.26. The molecule has 0 atom stereocenters. The van der Waals surface area contributed by atoms with Gasteiger partial charge in [-0.15, -0.1) is 0 Å². The van der Waals surface area contributed by atoms with Crippen LogP contribution in [0.3, 0.4) is 0 Å². The number of ether oxygens (including phenoxy) is 3. The first kappa shape index (κ1) is 24.4.